The fourth-order valence-electron chi connectivity index (χ4n) is 2.03. The molecule has 0 aliphatic carbocycles. The predicted molar refractivity (Wildman–Crippen MR) is 78.0 cm³/mol. The molecule has 112 valence electrons. The molecule has 0 saturated heterocycles. The number of hydrogen-bond donors (Lipinski definition) is 2. The first kappa shape index (κ1) is 15.0. The van der Waals surface area contributed by atoms with Crippen LogP contribution in [0, 0.1) is 0 Å². The van der Waals surface area contributed by atoms with Gasteiger partial charge in [0.1, 0.15) is 11.9 Å². The topological polar surface area (TPSA) is 92.7 Å². The minimum atomic E-state index is -0.429. The molecule has 0 aliphatic heterocycles. The van der Waals surface area contributed by atoms with Crippen molar-refractivity contribution in [3.8, 4) is 0 Å². The van der Waals surface area contributed by atoms with Crippen molar-refractivity contribution in [3.63, 3.8) is 0 Å². The Kier molecular flexibility index (Phi) is 4.21. The Morgan fingerprint density at radius 2 is 2.05 bits per heavy atom. The second kappa shape index (κ2) is 5.90. The smallest absolute Gasteiger partial charge is 0.261 e. The van der Waals surface area contributed by atoms with Crippen molar-refractivity contribution < 1.29 is 4.79 Å². The highest BCUT2D eigenvalue weighted by Gasteiger charge is 2.17. The number of nitrogens with one attached hydrogen (secondary N) is 2. The van der Waals surface area contributed by atoms with E-state index in [1.165, 1.54) is 0 Å². The van der Waals surface area contributed by atoms with Crippen LogP contribution in [0.4, 0.5) is 0 Å². The molecule has 1 amide bonds. The molecule has 1 atom stereocenters. The number of amides is 1. The maximum absolute atomic E-state index is 12.2. The lowest BCUT2D eigenvalue weighted by Crippen LogP contribution is -2.33. The van der Waals surface area contributed by atoms with E-state index in [1.54, 1.807) is 37.0 Å². The molecule has 0 aliphatic rings. The van der Waals surface area contributed by atoms with Crippen LogP contribution in [0.1, 0.15) is 54.6 Å². The Balaban J connectivity index is 2.18. The molecule has 7 heteroatoms. The molecule has 0 aromatic carbocycles. The fourth-order valence-corrected chi connectivity index (χ4v) is 2.03. The quantitative estimate of drug-likeness (QED) is 0.882. The van der Waals surface area contributed by atoms with Crippen LogP contribution in [0.25, 0.3) is 0 Å². The molecule has 0 fully saturated rings. The Morgan fingerprint density at radius 1 is 1.33 bits per heavy atom. The summed E-state index contributed by atoms with van der Waals surface area (Å²) in [5, 5.41) is 10.4. The highest BCUT2D eigenvalue weighted by Crippen LogP contribution is 2.11. The summed E-state index contributed by atoms with van der Waals surface area (Å²) < 4.78 is 1.72. The number of aryl methyl sites for hydroxylation is 1. The van der Waals surface area contributed by atoms with Crippen molar-refractivity contribution in [2.24, 2.45) is 7.05 Å². The molecule has 2 aromatic heterocycles. The van der Waals surface area contributed by atoms with Gasteiger partial charge in [0.2, 0.25) is 0 Å². The SMILES string of the molecule is CC(C)c1ccc(C(=O)NC(C)c2nncn2C)c(=O)[nH]1. The van der Waals surface area contributed by atoms with Gasteiger partial charge in [-0.05, 0) is 25.0 Å². The average molecular weight is 289 g/mol. The number of aromatic amines is 1. The van der Waals surface area contributed by atoms with Crippen LogP contribution >= 0.6 is 0 Å². The summed E-state index contributed by atoms with van der Waals surface area (Å²) in [6, 6.07) is 2.97. The number of carbonyl (C=O) groups is 1. The van der Waals surface area contributed by atoms with Gasteiger partial charge in [-0.1, -0.05) is 13.8 Å². The first-order valence-electron chi connectivity index (χ1n) is 6.78. The van der Waals surface area contributed by atoms with Gasteiger partial charge in [-0.25, -0.2) is 0 Å². The second-order valence-electron chi connectivity index (χ2n) is 5.31. The van der Waals surface area contributed by atoms with E-state index in [-0.39, 0.29) is 23.1 Å². The standard InChI is InChI=1S/C14H19N5O2/c1-8(2)11-6-5-10(14(21)17-11)13(20)16-9(3)12-18-15-7-19(12)4/h5-9H,1-4H3,(H,16,20)(H,17,21). The summed E-state index contributed by atoms with van der Waals surface area (Å²) >= 11 is 0. The maximum atomic E-state index is 12.2. The van der Waals surface area contributed by atoms with Gasteiger partial charge >= 0.3 is 0 Å². The molecule has 7 nitrogen and oxygen atoms in total. The zero-order chi connectivity index (χ0) is 15.6. The van der Waals surface area contributed by atoms with Gasteiger partial charge in [-0.15, -0.1) is 10.2 Å². The third kappa shape index (κ3) is 3.18. The molecule has 2 rings (SSSR count). The Labute approximate surface area is 122 Å². The highest BCUT2D eigenvalue weighted by atomic mass is 16.2. The van der Waals surface area contributed by atoms with E-state index < -0.39 is 5.91 Å². The van der Waals surface area contributed by atoms with E-state index >= 15 is 0 Å². The van der Waals surface area contributed by atoms with E-state index in [0.717, 1.165) is 5.69 Å². The third-order valence-corrected chi connectivity index (χ3v) is 3.28. The lowest BCUT2D eigenvalue weighted by Gasteiger charge is -2.13. The molecule has 2 aromatic rings. The molecule has 0 spiro atoms. The minimum absolute atomic E-state index is 0.0911. The molecular formula is C14H19N5O2. The molecule has 0 radical (unpaired) electrons. The Morgan fingerprint density at radius 3 is 2.57 bits per heavy atom. The zero-order valence-corrected chi connectivity index (χ0v) is 12.5. The molecule has 1 unspecified atom stereocenters. The zero-order valence-electron chi connectivity index (χ0n) is 12.5. The summed E-state index contributed by atoms with van der Waals surface area (Å²) in [5.74, 6) is 0.396. The van der Waals surface area contributed by atoms with Crippen molar-refractivity contribution in [2.45, 2.75) is 32.7 Å². The second-order valence-corrected chi connectivity index (χ2v) is 5.31. The summed E-state index contributed by atoms with van der Waals surface area (Å²) in [6.07, 6.45) is 1.56. The van der Waals surface area contributed by atoms with Crippen molar-refractivity contribution in [1.82, 2.24) is 25.1 Å². The van der Waals surface area contributed by atoms with Gasteiger partial charge in [-0.2, -0.15) is 0 Å². The van der Waals surface area contributed by atoms with Crippen LogP contribution in [-0.4, -0.2) is 25.7 Å². The van der Waals surface area contributed by atoms with Crippen LogP contribution in [0.2, 0.25) is 0 Å². The van der Waals surface area contributed by atoms with Crippen LogP contribution in [-0.2, 0) is 7.05 Å². The first-order valence-corrected chi connectivity index (χ1v) is 6.78. The van der Waals surface area contributed by atoms with Gasteiger partial charge in [0.25, 0.3) is 11.5 Å². The maximum Gasteiger partial charge on any atom is 0.261 e. The van der Waals surface area contributed by atoms with Crippen molar-refractivity contribution in [2.75, 3.05) is 0 Å². The third-order valence-electron chi connectivity index (χ3n) is 3.28. The largest absolute Gasteiger partial charge is 0.342 e. The van der Waals surface area contributed by atoms with Gasteiger partial charge in [0, 0.05) is 12.7 Å². The van der Waals surface area contributed by atoms with Crippen LogP contribution < -0.4 is 10.9 Å². The first-order chi connectivity index (χ1) is 9.90. The van der Waals surface area contributed by atoms with E-state index in [1.807, 2.05) is 13.8 Å². The Bertz CT molecular complexity index is 701. The summed E-state index contributed by atoms with van der Waals surface area (Å²) in [4.78, 5) is 26.9. The average Bonchev–Trinajstić information content (AvgIpc) is 2.84. The minimum Gasteiger partial charge on any atom is -0.342 e. The van der Waals surface area contributed by atoms with Crippen molar-refractivity contribution in [3.05, 3.63) is 45.9 Å². The number of rotatable bonds is 4. The van der Waals surface area contributed by atoms with Crippen molar-refractivity contribution >= 4 is 5.91 Å². The van der Waals surface area contributed by atoms with Crippen molar-refractivity contribution in [1.29, 1.82) is 0 Å². The van der Waals surface area contributed by atoms with Gasteiger partial charge < -0.3 is 14.9 Å². The normalized spacial score (nSPS) is 12.4. The molecule has 21 heavy (non-hydrogen) atoms. The molecule has 2 N–H and O–H groups in total. The Hall–Kier alpha value is -2.44. The van der Waals surface area contributed by atoms with Crippen LogP contribution in [0.3, 0.4) is 0 Å². The van der Waals surface area contributed by atoms with Gasteiger partial charge in [-0.3, -0.25) is 9.59 Å². The van der Waals surface area contributed by atoms with Crippen LogP contribution in [0.15, 0.2) is 23.3 Å². The van der Waals surface area contributed by atoms with Crippen LogP contribution in [0.5, 0.6) is 0 Å². The number of nitrogens with zero attached hydrogens (tertiary/aromatic N) is 3. The number of H-pyrrole nitrogens is 1. The molecule has 2 heterocycles. The highest BCUT2D eigenvalue weighted by molar-refractivity contribution is 5.94. The van der Waals surface area contributed by atoms with E-state index in [9.17, 15) is 9.59 Å². The predicted octanol–water partition coefficient (Wildman–Crippen LogP) is 1.12. The van der Waals surface area contributed by atoms with E-state index in [4.69, 9.17) is 0 Å². The summed E-state index contributed by atoms with van der Waals surface area (Å²) in [6.45, 7) is 5.74. The number of aromatic nitrogens is 4. The fraction of sp³-hybridized carbons (Fsp3) is 0.429. The monoisotopic (exact) mass is 289 g/mol. The molecule has 0 bridgehead atoms. The molecular weight excluding hydrogens is 270 g/mol. The summed E-state index contributed by atoms with van der Waals surface area (Å²) in [7, 11) is 1.79. The van der Waals surface area contributed by atoms with E-state index in [2.05, 4.69) is 20.5 Å². The van der Waals surface area contributed by atoms with Gasteiger partial charge in [0.15, 0.2) is 5.82 Å². The van der Waals surface area contributed by atoms with E-state index in [0.29, 0.717) is 5.82 Å². The lowest BCUT2D eigenvalue weighted by molar-refractivity contribution is 0.0936. The van der Waals surface area contributed by atoms with Gasteiger partial charge in [0.05, 0.1) is 6.04 Å². The summed E-state index contributed by atoms with van der Waals surface area (Å²) in [5.41, 5.74) is 0.509. The number of hydrogen-bond acceptors (Lipinski definition) is 4. The number of pyridine rings is 1. The lowest BCUT2D eigenvalue weighted by atomic mass is 10.1. The number of carbonyl (C=O) groups excluding carboxylic acids is 1. The molecule has 0 saturated carbocycles.